The SMILES string of the molecule is C/C=C(/CC1C=CC=CN1C(=O)Oc1ccccc1)C(=O)OC. The van der Waals surface area contributed by atoms with Crippen molar-refractivity contribution in [3.8, 4) is 5.75 Å². The number of para-hydroxylation sites is 1. The van der Waals surface area contributed by atoms with Crippen LogP contribution in [0.2, 0.25) is 0 Å². The van der Waals surface area contributed by atoms with Gasteiger partial charge < -0.3 is 9.47 Å². The molecular formula is C18H19NO4. The number of methoxy groups -OCH3 is 1. The maximum absolute atomic E-state index is 12.4. The van der Waals surface area contributed by atoms with Gasteiger partial charge in [0, 0.05) is 18.2 Å². The first-order valence-corrected chi connectivity index (χ1v) is 7.29. The van der Waals surface area contributed by atoms with Gasteiger partial charge in [-0.25, -0.2) is 9.59 Å². The lowest BCUT2D eigenvalue weighted by molar-refractivity contribution is -0.136. The number of ether oxygens (including phenoxy) is 2. The van der Waals surface area contributed by atoms with Gasteiger partial charge in [-0.3, -0.25) is 4.90 Å². The predicted molar refractivity (Wildman–Crippen MR) is 86.8 cm³/mol. The molecule has 1 aliphatic heterocycles. The summed E-state index contributed by atoms with van der Waals surface area (Å²) in [5.41, 5.74) is 0.509. The topological polar surface area (TPSA) is 55.8 Å². The van der Waals surface area contributed by atoms with Crippen molar-refractivity contribution in [2.75, 3.05) is 7.11 Å². The molecule has 1 heterocycles. The van der Waals surface area contributed by atoms with Crippen LogP contribution in [0.25, 0.3) is 0 Å². The highest BCUT2D eigenvalue weighted by Gasteiger charge is 2.25. The fraction of sp³-hybridized carbons (Fsp3) is 0.222. The van der Waals surface area contributed by atoms with Gasteiger partial charge in [0.25, 0.3) is 0 Å². The molecule has 1 atom stereocenters. The van der Waals surface area contributed by atoms with Crippen molar-refractivity contribution in [2.45, 2.75) is 19.4 Å². The summed E-state index contributed by atoms with van der Waals surface area (Å²) >= 11 is 0. The van der Waals surface area contributed by atoms with Gasteiger partial charge in [0.2, 0.25) is 0 Å². The van der Waals surface area contributed by atoms with Crippen LogP contribution in [0.5, 0.6) is 5.75 Å². The largest absolute Gasteiger partial charge is 0.466 e. The van der Waals surface area contributed by atoms with E-state index in [1.165, 1.54) is 12.0 Å². The zero-order valence-electron chi connectivity index (χ0n) is 13.1. The first-order valence-electron chi connectivity index (χ1n) is 7.29. The number of carbonyl (C=O) groups is 2. The summed E-state index contributed by atoms with van der Waals surface area (Å²) in [5, 5.41) is 0. The van der Waals surface area contributed by atoms with Crippen molar-refractivity contribution >= 4 is 12.1 Å². The van der Waals surface area contributed by atoms with E-state index in [1.807, 2.05) is 18.2 Å². The van der Waals surface area contributed by atoms with Crippen LogP contribution in [0.15, 0.2) is 66.4 Å². The Kier molecular flexibility index (Phi) is 5.74. The second-order valence-corrected chi connectivity index (χ2v) is 4.89. The van der Waals surface area contributed by atoms with E-state index in [9.17, 15) is 9.59 Å². The molecule has 0 spiro atoms. The van der Waals surface area contributed by atoms with E-state index >= 15 is 0 Å². The Hall–Kier alpha value is -2.82. The number of hydrogen-bond acceptors (Lipinski definition) is 4. The van der Waals surface area contributed by atoms with Crippen LogP contribution in [-0.2, 0) is 9.53 Å². The van der Waals surface area contributed by atoms with E-state index in [1.54, 1.807) is 49.5 Å². The van der Waals surface area contributed by atoms with E-state index in [2.05, 4.69) is 0 Å². The number of benzene rings is 1. The molecule has 0 aliphatic carbocycles. The number of hydrogen-bond donors (Lipinski definition) is 0. The Morgan fingerprint density at radius 1 is 1.22 bits per heavy atom. The third-order valence-corrected chi connectivity index (χ3v) is 3.43. The van der Waals surface area contributed by atoms with Gasteiger partial charge in [-0.05, 0) is 25.1 Å². The minimum atomic E-state index is -0.498. The molecule has 0 aromatic heterocycles. The van der Waals surface area contributed by atoms with E-state index in [0.29, 0.717) is 17.7 Å². The lowest BCUT2D eigenvalue weighted by Gasteiger charge is -2.28. The normalized spacial score (nSPS) is 17.0. The van der Waals surface area contributed by atoms with E-state index in [0.717, 1.165) is 0 Å². The number of rotatable bonds is 4. The lowest BCUT2D eigenvalue weighted by Crippen LogP contribution is -2.38. The minimum absolute atomic E-state index is 0.304. The average molecular weight is 313 g/mol. The molecule has 1 aromatic rings. The Labute approximate surface area is 135 Å². The van der Waals surface area contributed by atoms with Crippen LogP contribution in [0, 0.1) is 0 Å². The summed E-state index contributed by atoms with van der Waals surface area (Å²) in [6.07, 6.45) is 8.62. The van der Waals surface area contributed by atoms with Gasteiger partial charge in [-0.15, -0.1) is 0 Å². The highest BCUT2D eigenvalue weighted by atomic mass is 16.6. The number of esters is 1. The van der Waals surface area contributed by atoms with Gasteiger partial charge in [0.1, 0.15) is 5.75 Å². The molecule has 1 unspecified atom stereocenters. The first-order chi connectivity index (χ1) is 11.2. The number of amides is 1. The second-order valence-electron chi connectivity index (χ2n) is 4.89. The van der Waals surface area contributed by atoms with Crippen molar-refractivity contribution in [1.82, 2.24) is 4.90 Å². The summed E-state index contributed by atoms with van der Waals surface area (Å²) in [7, 11) is 1.34. The highest BCUT2D eigenvalue weighted by Crippen LogP contribution is 2.20. The van der Waals surface area contributed by atoms with E-state index in [-0.39, 0.29) is 6.04 Å². The lowest BCUT2D eigenvalue weighted by atomic mass is 10.0. The number of nitrogens with zero attached hydrogens (tertiary/aromatic N) is 1. The fourth-order valence-electron chi connectivity index (χ4n) is 2.22. The van der Waals surface area contributed by atoms with Crippen molar-refractivity contribution in [1.29, 1.82) is 0 Å². The Balaban J connectivity index is 2.09. The van der Waals surface area contributed by atoms with Crippen molar-refractivity contribution in [3.05, 3.63) is 66.4 Å². The maximum atomic E-state index is 12.4. The quantitative estimate of drug-likeness (QED) is 0.631. The van der Waals surface area contributed by atoms with Crippen molar-refractivity contribution in [3.63, 3.8) is 0 Å². The standard InChI is InChI=1S/C18H19NO4/c1-3-14(17(20)22-2)13-15-9-7-8-12-19(15)18(21)23-16-10-5-4-6-11-16/h3-12,15H,13H2,1-2H3/b14-3-. The molecule has 0 bridgehead atoms. The van der Waals surface area contributed by atoms with Crippen molar-refractivity contribution < 1.29 is 19.1 Å². The Morgan fingerprint density at radius 2 is 1.96 bits per heavy atom. The van der Waals surface area contributed by atoms with E-state index < -0.39 is 12.1 Å². The summed E-state index contributed by atoms with van der Waals surface area (Å²) in [6, 6.07) is 8.55. The minimum Gasteiger partial charge on any atom is -0.466 e. The molecule has 1 aliphatic rings. The Bertz CT molecular complexity index is 646. The molecule has 0 radical (unpaired) electrons. The molecule has 0 saturated heterocycles. The zero-order valence-corrected chi connectivity index (χ0v) is 13.1. The highest BCUT2D eigenvalue weighted by molar-refractivity contribution is 5.88. The van der Waals surface area contributed by atoms with Crippen LogP contribution in [0.4, 0.5) is 4.79 Å². The van der Waals surface area contributed by atoms with Gasteiger partial charge in [0.05, 0.1) is 13.2 Å². The molecule has 2 rings (SSSR count). The average Bonchev–Trinajstić information content (AvgIpc) is 2.60. The van der Waals surface area contributed by atoms with Gasteiger partial charge in [-0.1, -0.05) is 36.4 Å². The Morgan fingerprint density at radius 3 is 2.61 bits per heavy atom. The number of carbonyl (C=O) groups excluding carboxylic acids is 2. The molecule has 5 heteroatoms. The summed E-state index contributed by atoms with van der Waals surface area (Å²) in [5.74, 6) is 0.0743. The summed E-state index contributed by atoms with van der Waals surface area (Å²) in [4.78, 5) is 25.5. The van der Waals surface area contributed by atoms with Crippen LogP contribution >= 0.6 is 0 Å². The molecule has 1 amide bonds. The molecular weight excluding hydrogens is 294 g/mol. The van der Waals surface area contributed by atoms with Crippen LogP contribution in [0.3, 0.4) is 0 Å². The summed E-state index contributed by atoms with van der Waals surface area (Å²) in [6.45, 7) is 1.77. The van der Waals surface area contributed by atoms with Crippen LogP contribution in [-0.4, -0.2) is 30.1 Å². The van der Waals surface area contributed by atoms with Gasteiger partial charge in [0.15, 0.2) is 0 Å². The smallest absolute Gasteiger partial charge is 0.419 e. The molecule has 0 saturated carbocycles. The van der Waals surface area contributed by atoms with E-state index in [4.69, 9.17) is 9.47 Å². The molecule has 120 valence electrons. The maximum Gasteiger partial charge on any atom is 0.419 e. The third-order valence-electron chi connectivity index (χ3n) is 3.43. The predicted octanol–water partition coefficient (Wildman–Crippen LogP) is 3.45. The number of allylic oxidation sites excluding steroid dienone is 3. The molecule has 5 nitrogen and oxygen atoms in total. The molecule has 23 heavy (non-hydrogen) atoms. The van der Waals surface area contributed by atoms with Gasteiger partial charge >= 0.3 is 12.1 Å². The molecule has 1 aromatic carbocycles. The monoisotopic (exact) mass is 313 g/mol. The first kappa shape index (κ1) is 16.5. The molecule has 0 N–H and O–H groups in total. The zero-order chi connectivity index (χ0) is 16.7. The van der Waals surface area contributed by atoms with Crippen LogP contribution in [0.1, 0.15) is 13.3 Å². The van der Waals surface area contributed by atoms with Crippen LogP contribution < -0.4 is 4.74 Å². The third kappa shape index (κ3) is 4.32. The fourth-order valence-corrected chi connectivity index (χ4v) is 2.22. The van der Waals surface area contributed by atoms with Crippen molar-refractivity contribution in [2.24, 2.45) is 0 Å². The second kappa shape index (κ2) is 7.98. The molecule has 0 fully saturated rings. The summed E-state index contributed by atoms with van der Waals surface area (Å²) < 4.78 is 10.1. The van der Waals surface area contributed by atoms with Gasteiger partial charge in [-0.2, -0.15) is 0 Å².